The predicted molar refractivity (Wildman–Crippen MR) is 144 cm³/mol. The summed E-state index contributed by atoms with van der Waals surface area (Å²) in [5, 5.41) is 10.9. The van der Waals surface area contributed by atoms with E-state index < -0.39 is 20.9 Å². The molecule has 1 unspecified atom stereocenters. The van der Waals surface area contributed by atoms with Gasteiger partial charge in [-0.2, -0.15) is 0 Å². The van der Waals surface area contributed by atoms with Gasteiger partial charge in [0.25, 0.3) is 11.8 Å². The lowest BCUT2D eigenvalue weighted by Gasteiger charge is -2.11. The third kappa shape index (κ3) is 5.68. The topological polar surface area (TPSA) is 146 Å². The monoisotopic (exact) mass is 552 g/mol. The van der Waals surface area contributed by atoms with Crippen LogP contribution in [0.4, 0.5) is 10.2 Å². The van der Waals surface area contributed by atoms with Crippen molar-refractivity contribution >= 4 is 15.7 Å². The van der Waals surface area contributed by atoms with Crippen molar-refractivity contribution in [3.63, 3.8) is 0 Å². The van der Waals surface area contributed by atoms with Gasteiger partial charge in [-0.25, -0.2) is 22.8 Å². The molecule has 1 aliphatic rings. The summed E-state index contributed by atoms with van der Waals surface area (Å²) in [4.78, 5) is 8.94. The maximum atomic E-state index is 14.9. The van der Waals surface area contributed by atoms with Crippen LogP contribution >= 0.6 is 0 Å². The van der Waals surface area contributed by atoms with Gasteiger partial charge in [0.1, 0.15) is 5.82 Å². The zero-order chi connectivity index (χ0) is 27.6. The van der Waals surface area contributed by atoms with Gasteiger partial charge in [0.05, 0.1) is 34.2 Å². The third-order valence-corrected chi connectivity index (χ3v) is 9.12. The number of nitrogens with one attached hydrogen (secondary N) is 1. The fourth-order valence-corrected chi connectivity index (χ4v) is 5.61. The molecule has 39 heavy (non-hydrogen) atoms. The van der Waals surface area contributed by atoms with Crippen LogP contribution in [0.25, 0.3) is 34.3 Å². The Labute approximate surface area is 225 Å². The zero-order valence-corrected chi connectivity index (χ0v) is 22.4. The van der Waals surface area contributed by atoms with Crippen molar-refractivity contribution in [2.24, 2.45) is 0 Å². The lowest BCUT2D eigenvalue weighted by Crippen LogP contribution is -2.28. The fraction of sp³-hybridized carbons (Fsp3) is 0.333. The SMILES string of the molecule is CCC(C)S(=O)(=O)c1ccc(-c2cnc(N)c(-c3nnc(-c4ccc(CN[C@@H]5CCOC5)cc4F)o3)n2)cc1. The van der Waals surface area contributed by atoms with Gasteiger partial charge >= 0.3 is 0 Å². The van der Waals surface area contributed by atoms with E-state index >= 15 is 0 Å². The molecule has 2 atom stereocenters. The van der Waals surface area contributed by atoms with Gasteiger partial charge < -0.3 is 20.2 Å². The van der Waals surface area contributed by atoms with Gasteiger partial charge in [-0.1, -0.05) is 25.1 Å². The van der Waals surface area contributed by atoms with Crippen molar-refractivity contribution in [1.29, 1.82) is 0 Å². The number of nitrogens with two attached hydrogens (primary N) is 1. The Balaban J connectivity index is 1.36. The largest absolute Gasteiger partial charge is 0.414 e. The average Bonchev–Trinajstić information content (AvgIpc) is 3.65. The van der Waals surface area contributed by atoms with E-state index in [1.165, 1.54) is 12.3 Å². The van der Waals surface area contributed by atoms with Crippen molar-refractivity contribution in [2.45, 2.75) is 49.4 Å². The molecule has 2 aromatic carbocycles. The number of rotatable bonds is 9. The van der Waals surface area contributed by atoms with Crippen LogP contribution in [0.15, 0.2) is 58.0 Å². The van der Waals surface area contributed by atoms with Crippen LogP contribution in [0, 0.1) is 5.82 Å². The first kappa shape index (κ1) is 26.9. The lowest BCUT2D eigenvalue weighted by atomic mass is 10.1. The van der Waals surface area contributed by atoms with Gasteiger partial charge in [0.2, 0.25) is 0 Å². The molecule has 3 N–H and O–H groups in total. The van der Waals surface area contributed by atoms with Crippen LogP contribution in [0.3, 0.4) is 0 Å². The molecule has 10 nitrogen and oxygen atoms in total. The fourth-order valence-electron chi connectivity index (χ4n) is 4.19. The minimum absolute atomic E-state index is 0.0146. The number of nitrogens with zero attached hydrogens (tertiary/aromatic N) is 4. The van der Waals surface area contributed by atoms with E-state index in [-0.39, 0.29) is 39.8 Å². The molecule has 0 aliphatic carbocycles. The number of hydrogen-bond acceptors (Lipinski definition) is 10. The Morgan fingerprint density at radius 2 is 1.92 bits per heavy atom. The molecule has 1 saturated heterocycles. The molecule has 5 rings (SSSR count). The summed E-state index contributed by atoms with van der Waals surface area (Å²) >= 11 is 0. The maximum Gasteiger partial charge on any atom is 0.270 e. The molecule has 1 aliphatic heterocycles. The molecule has 1 fully saturated rings. The molecule has 2 aromatic heterocycles. The summed E-state index contributed by atoms with van der Waals surface area (Å²) in [7, 11) is -3.41. The van der Waals surface area contributed by atoms with Crippen molar-refractivity contribution in [1.82, 2.24) is 25.5 Å². The van der Waals surface area contributed by atoms with E-state index in [0.717, 1.165) is 18.6 Å². The van der Waals surface area contributed by atoms with Crippen LogP contribution in [-0.4, -0.2) is 53.1 Å². The summed E-state index contributed by atoms with van der Waals surface area (Å²) < 4.78 is 51.3. The van der Waals surface area contributed by atoms with E-state index in [1.807, 2.05) is 6.92 Å². The Morgan fingerprint density at radius 1 is 1.15 bits per heavy atom. The van der Waals surface area contributed by atoms with Gasteiger partial charge in [-0.05, 0) is 49.6 Å². The Bertz CT molecular complexity index is 1570. The van der Waals surface area contributed by atoms with Crippen molar-refractivity contribution in [2.75, 3.05) is 18.9 Å². The molecule has 204 valence electrons. The molecule has 0 radical (unpaired) electrons. The molecule has 12 heteroatoms. The summed E-state index contributed by atoms with van der Waals surface area (Å²) in [6.07, 6.45) is 2.92. The highest BCUT2D eigenvalue weighted by Gasteiger charge is 2.23. The smallest absolute Gasteiger partial charge is 0.270 e. The molecule has 3 heterocycles. The lowest BCUT2D eigenvalue weighted by molar-refractivity contribution is 0.190. The number of halogens is 1. The molecular weight excluding hydrogens is 523 g/mol. The minimum Gasteiger partial charge on any atom is -0.414 e. The van der Waals surface area contributed by atoms with Crippen LogP contribution in [0.1, 0.15) is 32.3 Å². The minimum atomic E-state index is -3.41. The Morgan fingerprint density at radius 3 is 2.62 bits per heavy atom. The van der Waals surface area contributed by atoms with E-state index in [0.29, 0.717) is 30.8 Å². The van der Waals surface area contributed by atoms with Crippen LogP contribution in [0.5, 0.6) is 0 Å². The number of aromatic nitrogens is 4. The molecular formula is C27H29FN6O4S. The van der Waals surface area contributed by atoms with Crippen molar-refractivity contribution in [3.8, 4) is 34.3 Å². The van der Waals surface area contributed by atoms with Gasteiger partial charge in [0.15, 0.2) is 21.3 Å². The summed E-state index contributed by atoms with van der Waals surface area (Å²) in [5.41, 5.74) is 8.19. The first-order valence-electron chi connectivity index (χ1n) is 12.7. The molecule has 4 aromatic rings. The second-order valence-electron chi connectivity index (χ2n) is 9.45. The first-order valence-corrected chi connectivity index (χ1v) is 14.2. The number of nitrogen functional groups attached to an aromatic ring is 1. The Kier molecular flexibility index (Phi) is 7.69. The number of anilines is 1. The number of benzene rings is 2. The third-order valence-electron chi connectivity index (χ3n) is 6.80. The maximum absolute atomic E-state index is 14.9. The van der Waals surface area contributed by atoms with E-state index in [4.69, 9.17) is 14.9 Å². The second kappa shape index (κ2) is 11.2. The molecule has 0 saturated carbocycles. The van der Waals surface area contributed by atoms with Crippen LogP contribution in [-0.2, 0) is 21.1 Å². The van der Waals surface area contributed by atoms with E-state index in [2.05, 4.69) is 25.5 Å². The van der Waals surface area contributed by atoms with E-state index in [9.17, 15) is 12.8 Å². The van der Waals surface area contributed by atoms with Gasteiger partial charge in [0, 0.05) is 24.8 Å². The number of hydrogen-bond donors (Lipinski definition) is 2. The average molecular weight is 553 g/mol. The summed E-state index contributed by atoms with van der Waals surface area (Å²) in [5.74, 6) is -0.466. The van der Waals surface area contributed by atoms with Crippen molar-refractivity contribution < 1.29 is 22.0 Å². The first-order chi connectivity index (χ1) is 18.8. The highest BCUT2D eigenvalue weighted by atomic mass is 32.2. The Hall–Kier alpha value is -3.74. The summed E-state index contributed by atoms with van der Waals surface area (Å²) in [6.45, 7) is 5.43. The molecule has 0 amide bonds. The van der Waals surface area contributed by atoms with Crippen LogP contribution < -0.4 is 11.1 Å². The zero-order valence-electron chi connectivity index (χ0n) is 21.6. The molecule has 0 spiro atoms. The number of sulfone groups is 1. The normalized spacial score (nSPS) is 16.4. The highest BCUT2D eigenvalue weighted by Crippen LogP contribution is 2.30. The quantitative estimate of drug-likeness (QED) is 0.312. The molecule has 0 bridgehead atoms. The highest BCUT2D eigenvalue weighted by molar-refractivity contribution is 7.92. The van der Waals surface area contributed by atoms with E-state index in [1.54, 1.807) is 43.3 Å². The second-order valence-corrected chi connectivity index (χ2v) is 11.8. The van der Waals surface area contributed by atoms with Crippen molar-refractivity contribution in [3.05, 3.63) is 60.0 Å². The predicted octanol–water partition coefficient (Wildman–Crippen LogP) is 4.03. The standard InChI is InChI=1S/C27H29FN6O4S/c1-3-16(2)39(35,36)20-7-5-18(6-8-20)23-14-31-25(29)24(32-23)27-34-33-26(38-27)21-9-4-17(12-22(21)28)13-30-19-10-11-37-15-19/h4-9,12,14,16,19,30H,3,10-11,13,15H2,1-2H3,(H2,29,31)/t16?,19-/m1/s1. The van der Waals surface area contributed by atoms with Gasteiger partial charge in [-0.15, -0.1) is 10.2 Å². The summed E-state index contributed by atoms with van der Waals surface area (Å²) in [6, 6.07) is 11.5. The van der Waals surface area contributed by atoms with Crippen LogP contribution in [0.2, 0.25) is 0 Å². The van der Waals surface area contributed by atoms with Gasteiger partial charge in [-0.3, -0.25) is 0 Å². The number of ether oxygens (including phenoxy) is 1.